The van der Waals surface area contributed by atoms with Gasteiger partial charge in [-0.25, -0.2) is 0 Å². The molecule has 0 aromatic carbocycles. The molecule has 0 amide bonds. The van der Waals surface area contributed by atoms with E-state index in [4.69, 9.17) is 15.2 Å². The first-order valence-corrected chi connectivity index (χ1v) is 5.77. The predicted molar refractivity (Wildman–Crippen MR) is 59.5 cm³/mol. The Morgan fingerprint density at radius 1 is 0.786 bits per heavy atom. The second-order valence-electron chi connectivity index (χ2n) is 3.43. The van der Waals surface area contributed by atoms with Crippen molar-refractivity contribution in [3.63, 3.8) is 0 Å². The van der Waals surface area contributed by atoms with Gasteiger partial charge in [0.05, 0.1) is 0 Å². The van der Waals surface area contributed by atoms with E-state index in [1.807, 2.05) is 0 Å². The van der Waals surface area contributed by atoms with Crippen molar-refractivity contribution in [1.29, 1.82) is 0 Å². The molecule has 3 heteroatoms. The summed E-state index contributed by atoms with van der Waals surface area (Å²) in [5.74, 6) is 0. The van der Waals surface area contributed by atoms with Gasteiger partial charge in [0.25, 0.3) is 0 Å². The SMILES string of the molecule is CCCCOCCCCOCCCN. The highest BCUT2D eigenvalue weighted by molar-refractivity contribution is 4.40. The van der Waals surface area contributed by atoms with Crippen molar-refractivity contribution in [3.05, 3.63) is 0 Å². The number of hydrogen-bond donors (Lipinski definition) is 1. The molecule has 14 heavy (non-hydrogen) atoms. The van der Waals surface area contributed by atoms with E-state index in [1.165, 1.54) is 12.8 Å². The summed E-state index contributed by atoms with van der Waals surface area (Å²) in [4.78, 5) is 0. The molecule has 0 saturated heterocycles. The third kappa shape index (κ3) is 11.9. The molecule has 0 spiro atoms. The lowest BCUT2D eigenvalue weighted by Gasteiger charge is -2.04. The van der Waals surface area contributed by atoms with Crippen LogP contribution in [0.15, 0.2) is 0 Å². The summed E-state index contributed by atoms with van der Waals surface area (Å²) in [6, 6.07) is 0. The lowest BCUT2D eigenvalue weighted by atomic mass is 10.3. The van der Waals surface area contributed by atoms with Crippen LogP contribution in [-0.2, 0) is 9.47 Å². The van der Waals surface area contributed by atoms with Gasteiger partial charge in [-0.1, -0.05) is 13.3 Å². The van der Waals surface area contributed by atoms with Crippen LogP contribution >= 0.6 is 0 Å². The third-order valence-corrected chi connectivity index (χ3v) is 1.96. The van der Waals surface area contributed by atoms with E-state index >= 15 is 0 Å². The van der Waals surface area contributed by atoms with Crippen LogP contribution in [0.25, 0.3) is 0 Å². The average molecular weight is 203 g/mol. The van der Waals surface area contributed by atoms with Crippen LogP contribution in [0.3, 0.4) is 0 Å². The molecular weight excluding hydrogens is 178 g/mol. The fourth-order valence-electron chi connectivity index (χ4n) is 1.04. The summed E-state index contributed by atoms with van der Waals surface area (Å²) in [7, 11) is 0. The lowest BCUT2D eigenvalue weighted by Crippen LogP contribution is -2.05. The molecule has 0 aromatic heterocycles. The molecule has 0 rings (SSSR count). The molecule has 0 aliphatic rings. The fraction of sp³-hybridized carbons (Fsp3) is 1.00. The topological polar surface area (TPSA) is 44.5 Å². The zero-order chi connectivity index (χ0) is 10.5. The maximum absolute atomic E-state index is 5.43. The predicted octanol–water partition coefficient (Wildman–Crippen LogP) is 1.95. The quantitative estimate of drug-likeness (QED) is 0.522. The summed E-state index contributed by atoms with van der Waals surface area (Å²) in [5.41, 5.74) is 5.34. The first-order chi connectivity index (χ1) is 6.91. The number of unbranched alkanes of at least 4 members (excludes halogenated alkanes) is 2. The summed E-state index contributed by atoms with van der Waals surface area (Å²) < 4.78 is 10.8. The highest BCUT2D eigenvalue weighted by atomic mass is 16.5. The average Bonchev–Trinajstić information content (AvgIpc) is 2.21. The largest absolute Gasteiger partial charge is 0.381 e. The van der Waals surface area contributed by atoms with E-state index in [2.05, 4.69) is 6.92 Å². The van der Waals surface area contributed by atoms with E-state index in [0.717, 1.165) is 52.2 Å². The van der Waals surface area contributed by atoms with Crippen molar-refractivity contribution in [2.24, 2.45) is 5.73 Å². The Kier molecular flexibility index (Phi) is 12.8. The Bertz CT molecular complexity index is 87.3. The fourth-order valence-corrected chi connectivity index (χ4v) is 1.04. The number of ether oxygens (including phenoxy) is 2. The van der Waals surface area contributed by atoms with Gasteiger partial charge in [0.1, 0.15) is 0 Å². The Balaban J connectivity index is 2.78. The summed E-state index contributed by atoms with van der Waals surface area (Å²) >= 11 is 0. The summed E-state index contributed by atoms with van der Waals surface area (Å²) in [5, 5.41) is 0. The molecule has 86 valence electrons. The Labute approximate surface area is 88.0 Å². The van der Waals surface area contributed by atoms with Gasteiger partial charge in [-0.2, -0.15) is 0 Å². The molecule has 0 aliphatic carbocycles. The highest BCUT2D eigenvalue weighted by Gasteiger charge is 1.90. The van der Waals surface area contributed by atoms with Crippen molar-refractivity contribution in [3.8, 4) is 0 Å². The van der Waals surface area contributed by atoms with Crippen molar-refractivity contribution < 1.29 is 9.47 Å². The first-order valence-electron chi connectivity index (χ1n) is 5.77. The van der Waals surface area contributed by atoms with Gasteiger partial charge < -0.3 is 15.2 Å². The molecule has 0 saturated carbocycles. The maximum Gasteiger partial charge on any atom is 0.0478 e. The van der Waals surface area contributed by atoms with Gasteiger partial charge >= 0.3 is 0 Å². The number of nitrogens with two attached hydrogens (primary N) is 1. The van der Waals surface area contributed by atoms with Crippen molar-refractivity contribution in [2.45, 2.75) is 39.0 Å². The Morgan fingerprint density at radius 2 is 1.29 bits per heavy atom. The maximum atomic E-state index is 5.43. The van der Waals surface area contributed by atoms with Crippen molar-refractivity contribution in [1.82, 2.24) is 0 Å². The van der Waals surface area contributed by atoms with E-state index in [-0.39, 0.29) is 0 Å². The van der Waals surface area contributed by atoms with Crippen molar-refractivity contribution in [2.75, 3.05) is 33.0 Å². The van der Waals surface area contributed by atoms with E-state index < -0.39 is 0 Å². The molecule has 0 unspecified atom stereocenters. The highest BCUT2D eigenvalue weighted by Crippen LogP contribution is 1.94. The molecule has 0 aromatic rings. The third-order valence-electron chi connectivity index (χ3n) is 1.96. The molecule has 3 nitrogen and oxygen atoms in total. The van der Waals surface area contributed by atoms with Crippen LogP contribution in [0.2, 0.25) is 0 Å². The molecule has 0 bridgehead atoms. The van der Waals surface area contributed by atoms with Crippen molar-refractivity contribution >= 4 is 0 Å². The van der Waals surface area contributed by atoms with Gasteiger partial charge in [0, 0.05) is 26.4 Å². The Hall–Kier alpha value is -0.120. The normalized spacial score (nSPS) is 10.7. The van der Waals surface area contributed by atoms with Gasteiger partial charge in [0.2, 0.25) is 0 Å². The van der Waals surface area contributed by atoms with Gasteiger partial charge in [-0.05, 0) is 32.2 Å². The van der Waals surface area contributed by atoms with Gasteiger partial charge in [-0.15, -0.1) is 0 Å². The van der Waals surface area contributed by atoms with Crippen LogP contribution in [0.5, 0.6) is 0 Å². The van der Waals surface area contributed by atoms with Gasteiger partial charge in [0.15, 0.2) is 0 Å². The first kappa shape index (κ1) is 13.9. The van der Waals surface area contributed by atoms with Crippen LogP contribution in [-0.4, -0.2) is 33.0 Å². The minimum absolute atomic E-state index is 0.722. The van der Waals surface area contributed by atoms with E-state index in [9.17, 15) is 0 Å². The smallest absolute Gasteiger partial charge is 0.0478 e. The number of hydrogen-bond acceptors (Lipinski definition) is 3. The molecule has 0 aliphatic heterocycles. The second kappa shape index (κ2) is 12.9. The molecule has 0 heterocycles. The van der Waals surface area contributed by atoms with Crippen LogP contribution in [0, 0.1) is 0 Å². The monoisotopic (exact) mass is 203 g/mol. The minimum Gasteiger partial charge on any atom is -0.381 e. The standard InChI is InChI=1S/C11H25NO2/c1-2-3-8-13-9-4-5-10-14-11-6-7-12/h2-12H2,1H3. The minimum atomic E-state index is 0.722. The molecule has 0 atom stereocenters. The lowest BCUT2D eigenvalue weighted by molar-refractivity contribution is 0.101. The summed E-state index contributed by atoms with van der Waals surface area (Å²) in [6.07, 6.45) is 5.55. The molecule has 2 N–H and O–H groups in total. The zero-order valence-electron chi connectivity index (χ0n) is 9.46. The zero-order valence-corrected chi connectivity index (χ0v) is 9.46. The Morgan fingerprint density at radius 3 is 1.79 bits per heavy atom. The van der Waals surface area contributed by atoms with Crippen LogP contribution in [0.1, 0.15) is 39.0 Å². The van der Waals surface area contributed by atoms with Gasteiger partial charge in [-0.3, -0.25) is 0 Å². The van der Waals surface area contributed by atoms with Crippen LogP contribution < -0.4 is 5.73 Å². The molecule has 0 radical (unpaired) electrons. The van der Waals surface area contributed by atoms with E-state index in [0.29, 0.717) is 0 Å². The number of rotatable bonds is 11. The summed E-state index contributed by atoms with van der Waals surface area (Å²) in [6.45, 7) is 6.32. The van der Waals surface area contributed by atoms with E-state index in [1.54, 1.807) is 0 Å². The second-order valence-corrected chi connectivity index (χ2v) is 3.43. The molecule has 0 fully saturated rings. The van der Waals surface area contributed by atoms with Crippen LogP contribution in [0.4, 0.5) is 0 Å². The molecular formula is C11H25NO2.